The zero-order valence-corrected chi connectivity index (χ0v) is 28.9. The summed E-state index contributed by atoms with van der Waals surface area (Å²) in [7, 11) is 1.62. The molecule has 1 aromatic heterocycles. The lowest BCUT2D eigenvalue weighted by Gasteiger charge is -2.34. The average molecular weight is 674 g/mol. The van der Waals surface area contributed by atoms with Crippen LogP contribution in [0.1, 0.15) is 62.3 Å². The van der Waals surface area contributed by atoms with E-state index in [2.05, 4.69) is 24.1 Å². The number of aromatic nitrogens is 1. The molecule has 4 aromatic rings. The van der Waals surface area contributed by atoms with Gasteiger partial charge in [0.1, 0.15) is 29.5 Å². The number of ether oxygens (including phenoxy) is 1. The molecule has 2 atom stereocenters. The largest absolute Gasteiger partial charge is 0.454 e. The number of fused-ring (bicyclic) bond motifs is 5. The van der Waals surface area contributed by atoms with Gasteiger partial charge < -0.3 is 25.6 Å². The molecule has 5 rings (SSSR count). The number of carbonyl (C=O) groups is 1. The number of thioether (sulfide) groups is 1. The lowest BCUT2D eigenvalue weighted by molar-refractivity contribution is -0.110. The Morgan fingerprint density at radius 2 is 1.96 bits per heavy atom. The van der Waals surface area contributed by atoms with Crippen LogP contribution in [0.15, 0.2) is 65.8 Å². The SMILES string of the molecule is CN/C1=N\C(=N)C(CN)(c2cccc(CC(C)C=O)c2)CCCC(C)(C)CSCCc2c(c(F)cc3[nH]ccc23)Oc2ccc(F)c1c2. The fourth-order valence-corrected chi connectivity index (χ4v) is 7.70. The average Bonchev–Trinajstić information content (AvgIpc) is 3.53. The first-order chi connectivity index (χ1) is 23.0. The van der Waals surface area contributed by atoms with Gasteiger partial charge in [-0.3, -0.25) is 5.41 Å². The maximum atomic E-state index is 15.6. The van der Waals surface area contributed by atoms with Crippen LogP contribution in [0, 0.1) is 28.4 Å². The number of nitrogens with zero attached hydrogens (tertiary/aromatic N) is 1. The Hall–Kier alpha value is -4.02. The summed E-state index contributed by atoms with van der Waals surface area (Å²) in [6.45, 7) is 6.47. The third-order valence-electron chi connectivity index (χ3n) is 9.26. The summed E-state index contributed by atoms with van der Waals surface area (Å²) in [5, 5.41) is 13.3. The molecule has 2 heterocycles. The van der Waals surface area contributed by atoms with Gasteiger partial charge in [0.05, 0.1) is 11.0 Å². The van der Waals surface area contributed by atoms with Gasteiger partial charge in [-0.05, 0) is 78.0 Å². The molecular weight excluding hydrogens is 629 g/mol. The number of halogens is 2. The number of hydrogen-bond acceptors (Lipinski definition) is 6. The highest BCUT2D eigenvalue weighted by Gasteiger charge is 2.37. The van der Waals surface area contributed by atoms with Gasteiger partial charge in [-0.15, -0.1) is 0 Å². The second-order valence-corrected chi connectivity index (χ2v) is 14.6. The van der Waals surface area contributed by atoms with Crippen molar-refractivity contribution in [3.8, 4) is 11.5 Å². The number of aryl methyl sites for hydroxylation is 1. The van der Waals surface area contributed by atoms with Crippen molar-refractivity contribution in [3.63, 3.8) is 0 Å². The van der Waals surface area contributed by atoms with E-state index in [-0.39, 0.29) is 46.6 Å². The van der Waals surface area contributed by atoms with E-state index >= 15 is 8.78 Å². The summed E-state index contributed by atoms with van der Waals surface area (Å²) in [6, 6.07) is 15.4. The van der Waals surface area contributed by atoms with E-state index in [4.69, 9.17) is 15.5 Å². The first-order valence-corrected chi connectivity index (χ1v) is 17.6. The minimum absolute atomic E-state index is 0.000180. The predicted molar refractivity (Wildman–Crippen MR) is 193 cm³/mol. The van der Waals surface area contributed by atoms with E-state index < -0.39 is 17.0 Å². The maximum Gasteiger partial charge on any atom is 0.168 e. The molecule has 0 saturated carbocycles. The lowest BCUT2D eigenvalue weighted by Crippen LogP contribution is -2.43. The minimum atomic E-state index is -0.966. The molecule has 1 aliphatic rings. The molecule has 7 nitrogen and oxygen atoms in total. The first-order valence-electron chi connectivity index (χ1n) is 16.4. The van der Waals surface area contributed by atoms with Gasteiger partial charge in [0.2, 0.25) is 0 Å². The second-order valence-electron chi connectivity index (χ2n) is 13.5. The van der Waals surface area contributed by atoms with E-state index in [0.29, 0.717) is 24.8 Å². The first kappa shape index (κ1) is 35.3. The molecule has 254 valence electrons. The van der Waals surface area contributed by atoms with Gasteiger partial charge in [0.25, 0.3) is 0 Å². The summed E-state index contributed by atoms with van der Waals surface area (Å²) in [5.74, 6) is 0.912. The number of nitrogens with two attached hydrogens (primary N) is 1. The second kappa shape index (κ2) is 15.0. The van der Waals surface area contributed by atoms with E-state index in [1.165, 1.54) is 24.3 Å². The Balaban J connectivity index is 1.63. The topological polar surface area (TPSA) is 116 Å². The Labute approximate surface area is 285 Å². The van der Waals surface area contributed by atoms with E-state index in [0.717, 1.165) is 52.7 Å². The summed E-state index contributed by atoms with van der Waals surface area (Å²) in [6.07, 6.45) is 6.11. The van der Waals surface area contributed by atoms with Crippen LogP contribution >= 0.6 is 11.8 Å². The van der Waals surface area contributed by atoms with Crippen molar-refractivity contribution in [2.75, 3.05) is 25.1 Å². The molecule has 5 N–H and O–H groups in total. The standard InChI is InChI=1S/C38H45F2N5O2S/c1-24(21-46)17-25-7-5-8-26(18-25)38(22-41)14-6-13-37(2,3)23-48-16-12-29-28-11-15-44-33(28)20-32(40)34(29)47-27-9-10-31(39)30(19-27)35(43-4)45-36(38)42/h5,7-11,15,18-21,24,44H,6,12-14,16-17,22-23,41H2,1-4H3,(H2,42,43,45). The normalized spacial score (nSPS) is 20.8. The number of hydrogen-bond donors (Lipinski definition) is 4. The highest BCUT2D eigenvalue weighted by atomic mass is 32.2. The van der Waals surface area contributed by atoms with E-state index in [1.54, 1.807) is 13.2 Å². The molecule has 0 spiro atoms. The fourth-order valence-electron chi connectivity index (χ4n) is 6.51. The van der Waals surface area contributed by atoms with E-state index in [9.17, 15) is 10.2 Å². The molecule has 0 radical (unpaired) electrons. The van der Waals surface area contributed by atoms with Crippen molar-refractivity contribution in [2.45, 2.75) is 58.3 Å². The highest BCUT2D eigenvalue weighted by molar-refractivity contribution is 7.99. The van der Waals surface area contributed by atoms with Crippen LogP contribution in [0.5, 0.6) is 11.5 Å². The molecule has 48 heavy (non-hydrogen) atoms. The van der Waals surface area contributed by atoms with Crippen molar-refractivity contribution >= 4 is 40.6 Å². The summed E-state index contributed by atoms with van der Waals surface area (Å²) < 4.78 is 37.3. The molecule has 10 heteroatoms. The number of aliphatic imine (C=N–C) groups is 1. The number of benzene rings is 3. The Morgan fingerprint density at radius 1 is 1.15 bits per heavy atom. The van der Waals surface area contributed by atoms with Gasteiger partial charge in [-0.25, -0.2) is 13.8 Å². The van der Waals surface area contributed by atoms with Crippen LogP contribution in [0.3, 0.4) is 0 Å². The minimum Gasteiger partial charge on any atom is -0.454 e. The molecule has 1 aliphatic heterocycles. The number of H-pyrrole nitrogens is 1. The molecule has 0 fully saturated rings. The number of rotatable bonds is 5. The monoisotopic (exact) mass is 673 g/mol. The fraction of sp³-hybridized carbons (Fsp3) is 0.395. The number of amidine groups is 2. The zero-order chi connectivity index (χ0) is 34.5. The number of aromatic amines is 1. The third-order valence-corrected chi connectivity index (χ3v) is 10.7. The lowest BCUT2D eigenvalue weighted by atomic mass is 9.73. The molecule has 0 saturated heterocycles. The summed E-state index contributed by atoms with van der Waals surface area (Å²) in [5.41, 5.74) is 8.93. The van der Waals surface area contributed by atoms with Gasteiger partial charge in [0, 0.05) is 48.2 Å². The Bertz CT molecular complexity index is 1820. The highest BCUT2D eigenvalue weighted by Crippen LogP contribution is 2.39. The van der Waals surface area contributed by atoms with Crippen molar-refractivity contribution in [3.05, 3.63) is 94.7 Å². The van der Waals surface area contributed by atoms with Crippen molar-refractivity contribution in [1.29, 1.82) is 5.41 Å². The molecular formula is C38H45F2N5O2S. The molecule has 2 bridgehead atoms. The summed E-state index contributed by atoms with van der Waals surface area (Å²) in [4.78, 5) is 19.2. The Morgan fingerprint density at radius 3 is 2.71 bits per heavy atom. The van der Waals surface area contributed by atoms with Crippen LogP contribution in [0.2, 0.25) is 0 Å². The van der Waals surface area contributed by atoms with Crippen LogP contribution in [0.25, 0.3) is 10.9 Å². The van der Waals surface area contributed by atoms with Crippen LogP contribution < -0.4 is 15.8 Å². The molecule has 2 unspecified atom stereocenters. The number of aldehydes is 1. The zero-order valence-electron chi connectivity index (χ0n) is 28.1. The molecule has 0 aliphatic carbocycles. The number of carbonyl (C=O) groups excluding carboxylic acids is 1. The van der Waals surface area contributed by atoms with Gasteiger partial charge >= 0.3 is 0 Å². The predicted octanol–water partition coefficient (Wildman–Crippen LogP) is 7.94. The Kier molecular flexibility index (Phi) is 11.1. The van der Waals surface area contributed by atoms with Gasteiger partial charge in [-0.1, -0.05) is 51.5 Å². The van der Waals surface area contributed by atoms with Gasteiger partial charge in [0.15, 0.2) is 11.6 Å². The maximum absolute atomic E-state index is 15.6. The van der Waals surface area contributed by atoms with Crippen molar-refractivity contribution < 1.29 is 18.3 Å². The van der Waals surface area contributed by atoms with Gasteiger partial charge in [-0.2, -0.15) is 11.8 Å². The van der Waals surface area contributed by atoms with Crippen LogP contribution in [0.4, 0.5) is 8.78 Å². The molecule has 3 aromatic carbocycles. The van der Waals surface area contributed by atoms with Crippen molar-refractivity contribution in [1.82, 2.24) is 10.3 Å². The van der Waals surface area contributed by atoms with Crippen molar-refractivity contribution in [2.24, 2.45) is 22.1 Å². The van der Waals surface area contributed by atoms with E-state index in [1.807, 2.05) is 49.0 Å². The molecule has 0 amide bonds. The quantitative estimate of drug-likeness (QED) is 0.161. The van der Waals surface area contributed by atoms with Crippen LogP contribution in [-0.2, 0) is 23.1 Å². The smallest absolute Gasteiger partial charge is 0.168 e. The van der Waals surface area contributed by atoms with Crippen LogP contribution in [-0.4, -0.2) is 48.0 Å². The summed E-state index contributed by atoms with van der Waals surface area (Å²) >= 11 is 1.82. The third kappa shape index (κ3) is 7.65. The number of nitrogens with one attached hydrogen (secondary N) is 3.